The largest absolute Gasteiger partial charge is 0.371 e. The highest BCUT2D eigenvalue weighted by molar-refractivity contribution is 5.94. The second kappa shape index (κ2) is 5.39. The summed E-state index contributed by atoms with van der Waals surface area (Å²) in [5.41, 5.74) is 13.6. The van der Waals surface area contributed by atoms with E-state index in [1.165, 1.54) is 12.1 Å². The number of guanidine groups is 2. The van der Waals surface area contributed by atoms with Gasteiger partial charge in [-0.15, -0.1) is 0 Å². The van der Waals surface area contributed by atoms with Gasteiger partial charge < -0.3 is 17.2 Å². The van der Waals surface area contributed by atoms with Crippen LogP contribution >= 0.6 is 0 Å². The van der Waals surface area contributed by atoms with E-state index in [4.69, 9.17) is 17.2 Å². The molecule has 1 aromatic rings. The monoisotopic (exact) mass is 267 g/mol. The topological polar surface area (TPSA) is 189 Å². The lowest BCUT2D eigenvalue weighted by Crippen LogP contribution is -2.26. The molecule has 0 atom stereocenters. The third-order valence-electron chi connectivity index (χ3n) is 1.85. The molecule has 100 valence electrons. The predicted octanol–water partition coefficient (Wildman–Crippen LogP) is -0.277. The first kappa shape index (κ1) is 13.8. The molecule has 0 heterocycles. The Morgan fingerprint density at radius 1 is 1.11 bits per heavy atom. The Bertz CT molecular complexity index is 591. The number of rotatable bonds is 3. The fourth-order valence-electron chi connectivity index (χ4n) is 1.22. The van der Waals surface area contributed by atoms with Gasteiger partial charge in [0, 0.05) is 6.07 Å². The lowest BCUT2D eigenvalue weighted by Gasteiger charge is -1.99. The Kier molecular flexibility index (Phi) is 3.93. The average molecular weight is 267 g/mol. The molecule has 0 aliphatic carbocycles. The van der Waals surface area contributed by atoms with Crippen molar-refractivity contribution < 1.29 is 9.85 Å². The third kappa shape index (κ3) is 3.36. The number of nitrogens with two attached hydrogens (primary N) is 3. The summed E-state index contributed by atoms with van der Waals surface area (Å²) in [5, 5.41) is 21.6. The fourth-order valence-corrected chi connectivity index (χ4v) is 1.22. The van der Waals surface area contributed by atoms with Gasteiger partial charge in [-0.25, -0.2) is 4.99 Å². The van der Waals surface area contributed by atoms with Crippen LogP contribution in [-0.4, -0.2) is 21.8 Å². The predicted molar refractivity (Wildman–Crippen MR) is 66.8 cm³/mol. The van der Waals surface area contributed by atoms with Crippen molar-refractivity contribution in [3.63, 3.8) is 0 Å². The number of nitrogens with zero attached hydrogens (tertiary/aromatic N) is 4. The van der Waals surface area contributed by atoms with E-state index >= 15 is 0 Å². The molecule has 0 aromatic heterocycles. The maximum atomic E-state index is 10.9. The zero-order valence-corrected chi connectivity index (χ0v) is 9.39. The van der Waals surface area contributed by atoms with E-state index in [-0.39, 0.29) is 5.69 Å². The molecule has 19 heavy (non-hydrogen) atoms. The smallest absolute Gasteiger partial charge is 0.370 e. The molecule has 6 N–H and O–H groups in total. The molecular formula is C8H9N7O4. The average Bonchev–Trinajstić information content (AvgIpc) is 2.26. The van der Waals surface area contributed by atoms with Crippen LogP contribution in [-0.2, 0) is 0 Å². The van der Waals surface area contributed by atoms with Crippen LogP contribution in [0.25, 0.3) is 0 Å². The first-order chi connectivity index (χ1) is 8.82. The summed E-state index contributed by atoms with van der Waals surface area (Å²) >= 11 is 0. The molecule has 0 amide bonds. The highest BCUT2D eigenvalue weighted by atomic mass is 16.6. The van der Waals surface area contributed by atoms with Crippen LogP contribution in [0, 0.1) is 20.2 Å². The number of nitro groups is 2. The minimum atomic E-state index is -0.931. The summed E-state index contributed by atoms with van der Waals surface area (Å²) in [6, 6.07) is 3.39. The van der Waals surface area contributed by atoms with Crippen LogP contribution in [0.2, 0.25) is 0 Å². The zero-order valence-electron chi connectivity index (χ0n) is 9.39. The summed E-state index contributed by atoms with van der Waals surface area (Å²) in [6.07, 6.45) is 0. The molecule has 0 spiro atoms. The van der Waals surface area contributed by atoms with E-state index in [1.54, 1.807) is 0 Å². The van der Waals surface area contributed by atoms with Gasteiger partial charge in [-0.2, -0.15) is 4.99 Å². The second-order valence-corrected chi connectivity index (χ2v) is 3.17. The Morgan fingerprint density at radius 3 is 2.21 bits per heavy atom. The number of hydrogen-bond acceptors (Lipinski definition) is 5. The molecule has 0 saturated heterocycles. The number of nitro benzene ring substituents is 2. The molecule has 0 aliphatic heterocycles. The van der Waals surface area contributed by atoms with Gasteiger partial charge in [0.05, 0.1) is 9.85 Å². The van der Waals surface area contributed by atoms with Crippen LogP contribution in [0.5, 0.6) is 0 Å². The molecule has 0 aliphatic rings. The number of benzene rings is 1. The molecular weight excluding hydrogens is 258 g/mol. The van der Waals surface area contributed by atoms with Gasteiger partial charge in [-0.3, -0.25) is 20.2 Å². The maximum Gasteiger partial charge on any atom is 0.371 e. The standard InChI is InChI=1S/C8H9N7O4/c9-7(10)13-8(11)12-4-2-1-3-5(14(16)17)6(4)15(18)19/h1-3H,(H6,9,10,11,12,13). The van der Waals surface area contributed by atoms with Crippen molar-refractivity contribution >= 4 is 29.0 Å². The normalized spacial score (nSPS) is 10.8. The number of hydrogen-bond donors (Lipinski definition) is 3. The third-order valence-corrected chi connectivity index (χ3v) is 1.85. The quantitative estimate of drug-likeness (QED) is 0.290. The van der Waals surface area contributed by atoms with Crippen LogP contribution in [0.1, 0.15) is 0 Å². The SMILES string of the molecule is NC(N)=NC(N)=Nc1cccc([N+](=O)[O-])c1[N+](=O)[O-]. The van der Waals surface area contributed by atoms with E-state index < -0.39 is 33.1 Å². The number of aliphatic imine (C=N–C) groups is 2. The van der Waals surface area contributed by atoms with Crippen LogP contribution in [0.3, 0.4) is 0 Å². The Hall–Kier alpha value is -3.24. The van der Waals surface area contributed by atoms with E-state index in [9.17, 15) is 20.2 Å². The van der Waals surface area contributed by atoms with Gasteiger partial charge in [0.15, 0.2) is 11.6 Å². The molecule has 0 unspecified atom stereocenters. The van der Waals surface area contributed by atoms with Crippen molar-refractivity contribution in [2.75, 3.05) is 0 Å². The minimum absolute atomic E-state index is 0.318. The lowest BCUT2D eigenvalue weighted by atomic mass is 10.2. The van der Waals surface area contributed by atoms with E-state index in [0.717, 1.165) is 6.07 Å². The summed E-state index contributed by atoms with van der Waals surface area (Å²) < 4.78 is 0. The first-order valence-electron chi connectivity index (χ1n) is 4.68. The fraction of sp³-hybridized carbons (Fsp3) is 0. The van der Waals surface area contributed by atoms with Crippen molar-refractivity contribution in [1.29, 1.82) is 0 Å². The highest BCUT2D eigenvalue weighted by Crippen LogP contribution is 2.36. The minimum Gasteiger partial charge on any atom is -0.370 e. The molecule has 11 heteroatoms. The molecule has 1 rings (SSSR count). The van der Waals surface area contributed by atoms with Crippen molar-refractivity contribution in [2.45, 2.75) is 0 Å². The molecule has 0 bridgehead atoms. The van der Waals surface area contributed by atoms with Crippen LogP contribution in [0.4, 0.5) is 17.1 Å². The highest BCUT2D eigenvalue weighted by Gasteiger charge is 2.28. The summed E-state index contributed by atoms with van der Waals surface area (Å²) in [7, 11) is 0. The molecule has 0 saturated carbocycles. The van der Waals surface area contributed by atoms with Crippen molar-refractivity contribution in [3.8, 4) is 0 Å². The Morgan fingerprint density at radius 2 is 1.74 bits per heavy atom. The molecule has 11 nitrogen and oxygen atoms in total. The zero-order chi connectivity index (χ0) is 14.6. The van der Waals surface area contributed by atoms with Crippen LogP contribution in [0.15, 0.2) is 28.2 Å². The number of para-hydroxylation sites is 1. The summed E-state index contributed by atoms with van der Waals surface area (Å²) in [4.78, 5) is 26.6. The van der Waals surface area contributed by atoms with Gasteiger partial charge in [-0.05, 0) is 6.07 Å². The van der Waals surface area contributed by atoms with E-state index in [0.29, 0.717) is 0 Å². The van der Waals surface area contributed by atoms with Crippen LogP contribution < -0.4 is 17.2 Å². The Labute approximate surface area is 105 Å². The van der Waals surface area contributed by atoms with Gasteiger partial charge in [0.2, 0.25) is 5.96 Å². The van der Waals surface area contributed by atoms with Gasteiger partial charge >= 0.3 is 11.4 Å². The summed E-state index contributed by atoms with van der Waals surface area (Å²) in [5.74, 6) is -0.849. The Balaban J connectivity index is 3.44. The van der Waals surface area contributed by atoms with Crippen molar-refractivity contribution in [3.05, 3.63) is 38.4 Å². The first-order valence-corrected chi connectivity index (χ1v) is 4.68. The molecule has 1 aromatic carbocycles. The molecule has 0 fully saturated rings. The van der Waals surface area contributed by atoms with Crippen molar-refractivity contribution in [2.24, 2.45) is 27.2 Å². The maximum absolute atomic E-state index is 10.9. The van der Waals surface area contributed by atoms with Gasteiger partial charge in [0.25, 0.3) is 0 Å². The van der Waals surface area contributed by atoms with E-state index in [2.05, 4.69) is 9.98 Å². The summed E-state index contributed by atoms with van der Waals surface area (Å²) in [6.45, 7) is 0. The second-order valence-electron chi connectivity index (χ2n) is 3.17. The molecule has 0 radical (unpaired) electrons. The lowest BCUT2D eigenvalue weighted by molar-refractivity contribution is -0.421. The van der Waals surface area contributed by atoms with Crippen molar-refractivity contribution in [1.82, 2.24) is 0 Å². The van der Waals surface area contributed by atoms with Gasteiger partial charge in [0.1, 0.15) is 0 Å². The van der Waals surface area contributed by atoms with Gasteiger partial charge in [-0.1, -0.05) is 6.07 Å². The van der Waals surface area contributed by atoms with E-state index in [1.807, 2.05) is 0 Å².